The summed E-state index contributed by atoms with van der Waals surface area (Å²) >= 11 is 0. The summed E-state index contributed by atoms with van der Waals surface area (Å²) in [5.41, 5.74) is 2.84. The molecule has 1 aromatic carbocycles. The molecule has 1 amide bonds. The third-order valence-corrected chi connectivity index (χ3v) is 6.48. The van der Waals surface area contributed by atoms with E-state index in [0.717, 1.165) is 48.9 Å². The number of ether oxygens (including phenoxy) is 1. The van der Waals surface area contributed by atoms with Crippen molar-refractivity contribution in [3.05, 3.63) is 34.2 Å². The molecule has 158 valence electrons. The number of hydrogen-bond donors (Lipinski definition) is 1. The van der Waals surface area contributed by atoms with Crippen LogP contribution in [0.25, 0.3) is 11.0 Å². The molecule has 0 saturated carbocycles. The molecule has 2 aromatic rings. The summed E-state index contributed by atoms with van der Waals surface area (Å²) in [6.07, 6.45) is 2.22. The first kappa shape index (κ1) is 19.9. The van der Waals surface area contributed by atoms with Crippen LogP contribution in [0.15, 0.2) is 23.0 Å². The number of aromatic amines is 1. The van der Waals surface area contributed by atoms with Gasteiger partial charge in [0.15, 0.2) is 0 Å². The maximum absolute atomic E-state index is 12.6. The molecule has 7 nitrogen and oxygen atoms in total. The molecule has 2 saturated heterocycles. The first-order chi connectivity index (χ1) is 13.9. The van der Waals surface area contributed by atoms with Gasteiger partial charge in [0, 0.05) is 37.8 Å². The Balaban J connectivity index is 1.43. The van der Waals surface area contributed by atoms with Crippen LogP contribution in [0.2, 0.25) is 0 Å². The predicted octanol–water partition coefficient (Wildman–Crippen LogP) is 2.85. The Labute approximate surface area is 169 Å². The van der Waals surface area contributed by atoms with Crippen molar-refractivity contribution >= 4 is 17.1 Å². The van der Waals surface area contributed by atoms with Crippen LogP contribution in [-0.4, -0.2) is 70.4 Å². The van der Waals surface area contributed by atoms with Crippen molar-refractivity contribution in [1.82, 2.24) is 19.4 Å². The van der Waals surface area contributed by atoms with Crippen LogP contribution in [0.4, 0.5) is 9.18 Å². The van der Waals surface area contributed by atoms with Gasteiger partial charge in [0.2, 0.25) is 0 Å². The van der Waals surface area contributed by atoms with Crippen LogP contribution >= 0.6 is 0 Å². The molecule has 2 aliphatic rings. The number of piperidine rings is 1. The fourth-order valence-corrected chi connectivity index (χ4v) is 4.83. The lowest BCUT2D eigenvalue weighted by molar-refractivity contribution is 0.0621. The highest BCUT2D eigenvalue weighted by Crippen LogP contribution is 2.34. The second-order valence-corrected chi connectivity index (χ2v) is 8.51. The molecular weight excluding hydrogens is 375 g/mol. The van der Waals surface area contributed by atoms with E-state index in [9.17, 15) is 14.0 Å². The van der Waals surface area contributed by atoms with Crippen LogP contribution < -0.4 is 5.69 Å². The summed E-state index contributed by atoms with van der Waals surface area (Å²) < 4.78 is 19.1. The maximum Gasteiger partial charge on any atom is 0.409 e. The van der Waals surface area contributed by atoms with Crippen molar-refractivity contribution in [3.63, 3.8) is 0 Å². The van der Waals surface area contributed by atoms with Crippen LogP contribution in [0.5, 0.6) is 0 Å². The minimum absolute atomic E-state index is 0.0436. The number of alkyl halides is 1. The van der Waals surface area contributed by atoms with Crippen molar-refractivity contribution in [2.24, 2.45) is 0 Å². The van der Waals surface area contributed by atoms with Gasteiger partial charge in [-0.1, -0.05) is 6.07 Å². The zero-order chi connectivity index (χ0) is 20.6. The molecule has 0 bridgehead atoms. The van der Waals surface area contributed by atoms with Gasteiger partial charge in [-0.3, -0.25) is 9.47 Å². The van der Waals surface area contributed by atoms with E-state index < -0.39 is 12.8 Å². The lowest BCUT2D eigenvalue weighted by Crippen LogP contribution is -2.52. The highest BCUT2D eigenvalue weighted by Gasteiger charge is 2.42. The Morgan fingerprint density at radius 3 is 2.79 bits per heavy atom. The number of hydrogen-bond acceptors (Lipinski definition) is 4. The topological polar surface area (TPSA) is 70.6 Å². The molecule has 1 aromatic heterocycles. The van der Waals surface area contributed by atoms with E-state index in [4.69, 9.17) is 4.74 Å². The molecule has 29 heavy (non-hydrogen) atoms. The number of carbonyl (C=O) groups excluding carboxylic acids is 1. The lowest BCUT2D eigenvalue weighted by atomic mass is 9.93. The summed E-state index contributed by atoms with van der Waals surface area (Å²) in [5, 5.41) is 0. The average Bonchev–Trinajstić information content (AvgIpc) is 3.26. The Morgan fingerprint density at radius 2 is 2.07 bits per heavy atom. The molecular formula is C21H29FN4O3. The number of imidazole rings is 1. The number of H-pyrrole nitrogens is 1. The smallest absolute Gasteiger partial charge is 0.409 e. The van der Waals surface area contributed by atoms with Crippen LogP contribution in [-0.2, 0) is 4.74 Å². The van der Waals surface area contributed by atoms with Gasteiger partial charge in [-0.2, -0.15) is 0 Å². The minimum atomic E-state index is -0.656. The number of amides is 1. The van der Waals surface area contributed by atoms with Gasteiger partial charge in [0.05, 0.1) is 11.0 Å². The van der Waals surface area contributed by atoms with Crippen molar-refractivity contribution < 1.29 is 13.9 Å². The van der Waals surface area contributed by atoms with Gasteiger partial charge in [0.1, 0.15) is 13.3 Å². The first-order valence-corrected chi connectivity index (χ1v) is 10.3. The van der Waals surface area contributed by atoms with E-state index in [1.807, 2.05) is 23.6 Å². The van der Waals surface area contributed by atoms with E-state index in [0.29, 0.717) is 13.1 Å². The summed E-state index contributed by atoms with van der Waals surface area (Å²) in [5.74, 6) is 0. The number of halogens is 1. The second-order valence-electron chi connectivity index (χ2n) is 8.51. The lowest BCUT2D eigenvalue weighted by Gasteiger charge is -2.43. The van der Waals surface area contributed by atoms with Crippen molar-refractivity contribution in [2.75, 3.05) is 39.5 Å². The molecule has 0 radical (unpaired) electrons. The normalized spacial score (nSPS) is 23.8. The van der Waals surface area contributed by atoms with E-state index >= 15 is 0 Å². The van der Waals surface area contributed by atoms with Gasteiger partial charge in [0.25, 0.3) is 0 Å². The minimum Gasteiger partial charge on any atom is -0.447 e. The second kappa shape index (κ2) is 7.82. The average molecular weight is 404 g/mol. The van der Waals surface area contributed by atoms with Gasteiger partial charge in [-0.15, -0.1) is 0 Å². The number of likely N-dealkylation sites (tertiary alicyclic amines) is 2. The predicted molar refractivity (Wildman–Crippen MR) is 109 cm³/mol. The number of nitrogens with one attached hydrogen (secondary N) is 1. The van der Waals surface area contributed by atoms with Crippen molar-refractivity contribution in [1.29, 1.82) is 0 Å². The fraction of sp³-hybridized carbons (Fsp3) is 0.619. The molecule has 2 aliphatic heterocycles. The van der Waals surface area contributed by atoms with Crippen molar-refractivity contribution in [2.45, 2.75) is 44.7 Å². The Bertz CT molecular complexity index is 947. The Morgan fingerprint density at radius 1 is 1.31 bits per heavy atom. The maximum atomic E-state index is 12.6. The van der Waals surface area contributed by atoms with Gasteiger partial charge in [-0.05, 0) is 50.8 Å². The van der Waals surface area contributed by atoms with Gasteiger partial charge >= 0.3 is 11.8 Å². The fourth-order valence-electron chi connectivity index (χ4n) is 4.83. The first-order valence-electron chi connectivity index (χ1n) is 10.3. The van der Waals surface area contributed by atoms with E-state index in [-0.39, 0.29) is 23.9 Å². The number of rotatable bonds is 4. The largest absolute Gasteiger partial charge is 0.447 e. The SMILES string of the molecule is Cc1ccc2[nH]c(=O)n(C3CCN(C4(C)CCN(C(=O)OCCF)C4)CC3)c2c1. The third kappa shape index (κ3) is 3.77. The summed E-state index contributed by atoms with van der Waals surface area (Å²) in [4.78, 5) is 31.7. The van der Waals surface area contributed by atoms with E-state index in [2.05, 4.69) is 22.9 Å². The van der Waals surface area contributed by atoms with Crippen LogP contribution in [0, 0.1) is 6.92 Å². The molecule has 0 spiro atoms. The molecule has 3 heterocycles. The molecule has 1 unspecified atom stereocenters. The van der Waals surface area contributed by atoms with Crippen LogP contribution in [0.3, 0.4) is 0 Å². The zero-order valence-electron chi connectivity index (χ0n) is 17.1. The number of aromatic nitrogens is 2. The number of fused-ring (bicyclic) bond motifs is 1. The number of benzene rings is 1. The molecule has 0 aliphatic carbocycles. The van der Waals surface area contributed by atoms with Gasteiger partial charge in [-0.25, -0.2) is 14.0 Å². The third-order valence-electron chi connectivity index (χ3n) is 6.48. The summed E-state index contributed by atoms with van der Waals surface area (Å²) in [7, 11) is 0. The zero-order valence-corrected chi connectivity index (χ0v) is 17.1. The summed E-state index contributed by atoms with van der Waals surface area (Å²) in [6.45, 7) is 6.34. The van der Waals surface area contributed by atoms with E-state index in [1.54, 1.807) is 4.90 Å². The number of carbonyl (C=O) groups is 1. The van der Waals surface area contributed by atoms with Crippen LogP contribution in [0.1, 0.15) is 37.8 Å². The molecule has 4 rings (SSSR count). The van der Waals surface area contributed by atoms with E-state index in [1.165, 1.54) is 0 Å². The number of aryl methyl sites for hydroxylation is 1. The highest BCUT2D eigenvalue weighted by molar-refractivity contribution is 5.76. The molecule has 1 atom stereocenters. The Kier molecular flexibility index (Phi) is 5.38. The summed E-state index contributed by atoms with van der Waals surface area (Å²) in [6, 6.07) is 6.22. The highest BCUT2D eigenvalue weighted by atomic mass is 19.1. The standard InChI is InChI=1S/C21H29FN4O3/c1-15-3-4-17-18(13-15)26(19(27)23-17)16-5-9-25(10-6-16)21(2)7-11-24(14-21)20(28)29-12-8-22/h3-4,13,16H,5-12,14H2,1-2H3,(H,23,27). The monoisotopic (exact) mass is 404 g/mol. The number of nitrogens with zero attached hydrogens (tertiary/aromatic N) is 3. The van der Waals surface area contributed by atoms with Gasteiger partial charge < -0.3 is 14.6 Å². The molecule has 8 heteroatoms. The quantitative estimate of drug-likeness (QED) is 0.851. The molecule has 2 fully saturated rings. The van der Waals surface area contributed by atoms with Crippen molar-refractivity contribution in [3.8, 4) is 0 Å². The molecule has 1 N–H and O–H groups in total. The Hall–Kier alpha value is -2.35.